The van der Waals surface area contributed by atoms with Crippen LogP contribution in [0.5, 0.6) is 0 Å². The van der Waals surface area contributed by atoms with Gasteiger partial charge in [0.05, 0.1) is 0 Å². The molecule has 0 N–H and O–H groups in total. The van der Waals surface area contributed by atoms with Gasteiger partial charge in [0.25, 0.3) is 0 Å². The third-order valence-electron chi connectivity index (χ3n) is 3.26. The van der Waals surface area contributed by atoms with E-state index in [9.17, 15) is 9.59 Å². The van der Waals surface area contributed by atoms with Crippen LogP contribution in [0, 0.1) is 0 Å². The number of nitrogens with zero attached hydrogens (tertiary/aromatic N) is 2. The monoisotopic (exact) mass is 358 g/mol. The Morgan fingerprint density at radius 3 is 2.14 bits per heavy atom. The molecule has 5 heteroatoms. The van der Waals surface area contributed by atoms with Crippen molar-refractivity contribution in [3.63, 3.8) is 0 Å². The summed E-state index contributed by atoms with van der Waals surface area (Å²) in [6.07, 6.45) is 0. The van der Waals surface area contributed by atoms with Crippen molar-refractivity contribution < 1.29 is 9.59 Å². The SMILES string of the molecule is O=C(N=C1[Se]CCN1C(=O)c1ccccc1)c1ccccc1. The molecule has 1 aliphatic heterocycles. The second-order valence-corrected chi connectivity index (χ2v) is 6.97. The van der Waals surface area contributed by atoms with E-state index in [0.717, 1.165) is 5.32 Å². The quantitative estimate of drug-likeness (QED) is 0.776. The Morgan fingerprint density at radius 2 is 1.50 bits per heavy atom. The molecule has 1 heterocycles. The van der Waals surface area contributed by atoms with Gasteiger partial charge in [-0.05, 0) is 0 Å². The first-order chi connectivity index (χ1) is 10.8. The van der Waals surface area contributed by atoms with Crippen LogP contribution in [0.25, 0.3) is 0 Å². The van der Waals surface area contributed by atoms with E-state index in [0.29, 0.717) is 22.4 Å². The van der Waals surface area contributed by atoms with Crippen molar-refractivity contribution in [2.24, 2.45) is 4.99 Å². The Bertz CT molecular complexity index is 714. The molecule has 0 spiro atoms. The fraction of sp³-hybridized carbons (Fsp3) is 0.118. The van der Waals surface area contributed by atoms with Crippen LogP contribution < -0.4 is 0 Å². The topological polar surface area (TPSA) is 49.7 Å². The fourth-order valence-corrected chi connectivity index (χ4v) is 4.11. The van der Waals surface area contributed by atoms with Gasteiger partial charge in [0.2, 0.25) is 0 Å². The molecule has 0 aromatic heterocycles. The molecule has 2 aromatic rings. The number of amidine groups is 1. The van der Waals surface area contributed by atoms with Crippen LogP contribution in [0.4, 0.5) is 0 Å². The zero-order chi connectivity index (χ0) is 15.4. The summed E-state index contributed by atoms with van der Waals surface area (Å²) in [5.74, 6) is -0.371. The predicted molar refractivity (Wildman–Crippen MR) is 86.2 cm³/mol. The molecular weight excluding hydrogens is 343 g/mol. The van der Waals surface area contributed by atoms with E-state index in [1.54, 1.807) is 41.3 Å². The van der Waals surface area contributed by atoms with Gasteiger partial charge in [-0.1, -0.05) is 0 Å². The normalized spacial score (nSPS) is 16.0. The van der Waals surface area contributed by atoms with E-state index in [4.69, 9.17) is 0 Å². The van der Waals surface area contributed by atoms with Crippen LogP contribution >= 0.6 is 0 Å². The standard InChI is InChI=1S/C17H14N2O2Se/c20-15(13-7-3-1-4-8-13)18-17-19(11-12-22-17)16(21)14-9-5-2-6-10-14/h1-10H,11-12H2. The summed E-state index contributed by atoms with van der Waals surface area (Å²) < 4.78 is 0.621. The van der Waals surface area contributed by atoms with E-state index in [2.05, 4.69) is 4.99 Å². The molecule has 2 aromatic carbocycles. The van der Waals surface area contributed by atoms with Crippen LogP contribution in [0.15, 0.2) is 65.7 Å². The molecule has 0 bridgehead atoms. The zero-order valence-corrected chi connectivity index (χ0v) is 13.5. The van der Waals surface area contributed by atoms with Crippen molar-refractivity contribution in [3.8, 4) is 0 Å². The Labute approximate surface area is 135 Å². The minimum atomic E-state index is -0.287. The average Bonchev–Trinajstić information content (AvgIpc) is 3.04. The molecule has 1 saturated heterocycles. The number of carbonyl (C=O) groups is 2. The molecule has 4 nitrogen and oxygen atoms in total. The van der Waals surface area contributed by atoms with Crippen LogP contribution in [0.1, 0.15) is 20.7 Å². The second kappa shape index (κ2) is 6.69. The van der Waals surface area contributed by atoms with Crippen molar-refractivity contribution in [1.29, 1.82) is 0 Å². The van der Waals surface area contributed by atoms with Gasteiger partial charge in [0, 0.05) is 0 Å². The molecular formula is C17H14N2O2Se. The van der Waals surface area contributed by atoms with E-state index in [1.165, 1.54) is 0 Å². The number of amides is 2. The maximum absolute atomic E-state index is 12.5. The van der Waals surface area contributed by atoms with Crippen molar-refractivity contribution in [2.75, 3.05) is 6.54 Å². The summed E-state index contributed by atoms with van der Waals surface area (Å²) in [4.78, 5) is 30.5. The third kappa shape index (κ3) is 3.16. The second-order valence-electron chi connectivity index (χ2n) is 4.74. The van der Waals surface area contributed by atoms with Gasteiger partial charge in [0.15, 0.2) is 0 Å². The number of benzene rings is 2. The molecule has 1 fully saturated rings. The first kappa shape index (κ1) is 14.7. The molecule has 0 radical (unpaired) electrons. The van der Waals surface area contributed by atoms with Crippen LogP contribution in [-0.2, 0) is 0 Å². The van der Waals surface area contributed by atoms with Gasteiger partial charge in [-0.25, -0.2) is 0 Å². The van der Waals surface area contributed by atoms with Crippen LogP contribution in [0.2, 0.25) is 5.32 Å². The number of carbonyl (C=O) groups excluding carboxylic acids is 2. The van der Waals surface area contributed by atoms with Crippen LogP contribution in [0.3, 0.4) is 0 Å². The van der Waals surface area contributed by atoms with Crippen LogP contribution in [-0.4, -0.2) is 42.9 Å². The number of aliphatic imine (C=N–C) groups is 1. The molecule has 3 rings (SSSR count). The summed E-state index contributed by atoms with van der Waals surface area (Å²) in [6.45, 7) is 0.634. The molecule has 0 unspecified atom stereocenters. The summed E-state index contributed by atoms with van der Waals surface area (Å²) in [5.41, 5.74) is 1.17. The third-order valence-corrected chi connectivity index (χ3v) is 5.27. The van der Waals surface area contributed by atoms with Crippen molar-refractivity contribution >= 4 is 31.5 Å². The number of hydrogen-bond donors (Lipinski definition) is 0. The maximum atomic E-state index is 12.5. The molecule has 0 atom stereocenters. The molecule has 0 saturated carbocycles. The van der Waals surface area contributed by atoms with E-state index < -0.39 is 0 Å². The van der Waals surface area contributed by atoms with Gasteiger partial charge < -0.3 is 0 Å². The Balaban J connectivity index is 1.83. The summed E-state index contributed by atoms with van der Waals surface area (Å²) >= 11 is 0.0644. The predicted octanol–water partition coefficient (Wildman–Crippen LogP) is 2.46. The first-order valence-electron chi connectivity index (χ1n) is 6.93. The molecule has 110 valence electrons. The Kier molecular flexibility index (Phi) is 4.47. The van der Waals surface area contributed by atoms with Gasteiger partial charge in [-0.2, -0.15) is 0 Å². The van der Waals surface area contributed by atoms with Gasteiger partial charge >= 0.3 is 135 Å². The molecule has 2 amide bonds. The first-order valence-corrected chi connectivity index (χ1v) is 9.00. The zero-order valence-electron chi connectivity index (χ0n) is 11.8. The number of hydrogen-bond acceptors (Lipinski definition) is 2. The van der Waals surface area contributed by atoms with Crippen molar-refractivity contribution in [3.05, 3.63) is 71.8 Å². The van der Waals surface area contributed by atoms with Gasteiger partial charge in [0.1, 0.15) is 0 Å². The summed E-state index contributed by atoms with van der Waals surface area (Å²) in [5, 5.41) is 0.895. The fourth-order valence-electron chi connectivity index (χ4n) is 2.15. The van der Waals surface area contributed by atoms with E-state index >= 15 is 0 Å². The van der Waals surface area contributed by atoms with Gasteiger partial charge in [-0.3, -0.25) is 0 Å². The molecule has 22 heavy (non-hydrogen) atoms. The van der Waals surface area contributed by atoms with Gasteiger partial charge in [-0.15, -0.1) is 0 Å². The molecule has 0 aliphatic carbocycles. The van der Waals surface area contributed by atoms with Crippen molar-refractivity contribution in [1.82, 2.24) is 4.90 Å². The van der Waals surface area contributed by atoms with Crippen molar-refractivity contribution in [2.45, 2.75) is 5.32 Å². The average molecular weight is 357 g/mol. The minimum absolute atomic E-state index is 0.0644. The van der Waals surface area contributed by atoms with E-state index in [-0.39, 0.29) is 26.8 Å². The molecule has 1 aliphatic rings. The van der Waals surface area contributed by atoms with E-state index in [1.807, 2.05) is 24.3 Å². The Morgan fingerprint density at radius 1 is 0.909 bits per heavy atom. The summed E-state index contributed by atoms with van der Waals surface area (Å²) in [6, 6.07) is 18.0. The number of rotatable bonds is 2. The Hall–Kier alpha value is -2.23. The summed E-state index contributed by atoms with van der Waals surface area (Å²) in [7, 11) is 0.